The van der Waals surface area contributed by atoms with Gasteiger partial charge in [0.25, 0.3) is 0 Å². The molecule has 2 amide bonds. The first-order valence-electron chi connectivity index (χ1n) is 7.09. The van der Waals surface area contributed by atoms with Gasteiger partial charge in [-0.05, 0) is 30.3 Å². The van der Waals surface area contributed by atoms with E-state index in [1.54, 1.807) is 24.3 Å². The molecule has 1 aliphatic rings. The number of rotatable bonds is 3. The van der Waals surface area contributed by atoms with Crippen molar-refractivity contribution in [3.63, 3.8) is 0 Å². The fraction of sp³-hybridized carbons (Fsp3) is 0.118. The normalized spacial score (nSPS) is 14.2. The molecular weight excluding hydrogens is 353 g/mol. The van der Waals surface area contributed by atoms with Crippen LogP contribution in [0.4, 0.5) is 5.69 Å². The van der Waals surface area contributed by atoms with Crippen molar-refractivity contribution in [1.29, 1.82) is 0 Å². The fourth-order valence-electron chi connectivity index (χ4n) is 2.36. The van der Waals surface area contributed by atoms with Gasteiger partial charge in [0.15, 0.2) is 5.75 Å². The first kappa shape index (κ1) is 16.5. The zero-order chi connectivity index (χ0) is 17.3. The van der Waals surface area contributed by atoms with Gasteiger partial charge < -0.3 is 4.74 Å². The maximum atomic E-state index is 12.3. The quantitative estimate of drug-likeness (QED) is 0.471. The van der Waals surface area contributed by atoms with Gasteiger partial charge in [-0.2, -0.15) is 0 Å². The van der Waals surface area contributed by atoms with Crippen LogP contribution in [-0.4, -0.2) is 17.8 Å². The average Bonchev–Trinajstić information content (AvgIpc) is 2.90. The van der Waals surface area contributed by atoms with E-state index in [0.29, 0.717) is 5.69 Å². The van der Waals surface area contributed by atoms with Crippen molar-refractivity contribution in [3.05, 3.63) is 58.1 Å². The lowest BCUT2D eigenvalue weighted by Gasteiger charge is -2.14. The first-order valence-corrected chi connectivity index (χ1v) is 7.85. The number of esters is 1. The van der Waals surface area contributed by atoms with E-state index in [2.05, 4.69) is 0 Å². The molecule has 1 heterocycles. The van der Waals surface area contributed by atoms with Gasteiger partial charge in [0, 0.05) is 12.8 Å². The third-order valence-corrected chi connectivity index (χ3v) is 4.31. The number of carbonyl (C=O) groups is 3. The van der Waals surface area contributed by atoms with Crippen LogP contribution in [0.15, 0.2) is 42.5 Å². The predicted molar refractivity (Wildman–Crippen MR) is 89.6 cm³/mol. The number of anilines is 1. The van der Waals surface area contributed by atoms with Crippen LogP contribution in [0, 0.1) is 0 Å². The fourth-order valence-corrected chi connectivity index (χ4v) is 2.69. The maximum Gasteiger partial charge on any atom is 0.343 e. The molecule has 0 bridgehead atoms. The van der Waals surface area contributed by atoms with E-state index in [-0.39, 0.29) is 46.0 Å². The van der Waals surface area contributed by atoms with Crippen molar-refractivity contribution in [1.82, 2.24) is 0 Å². The van der Waals surface area contributed by atoms with Crippen molar-refractivity contribution in [2.45, 2.75) is 12.8 Å². The minimum absolute atomic E-state index is 0.132. The van der Waals surface area contributed by atoms with Crippen LogP contribution in [0.1, 0.15) is 23.2 Å². The second kappa shape index (κ2) is 6.63. The Hall–Kier alpha value is -2.37. The summed E-state index contributed by atoms with van der Waals surface area (Å²) in [5.74, 6) is -1.11. The van der Waals surface area contributed by atoms with E-state index in [1.807, 2.05) is 0 Å². The van der Waals surface area contributed by atoms with Crippen molar-refractivity contribution >= 4 is 46.7 Å². The zero-order valence-electron chi connectivity index (χ0n) is 12.3. The lowest BCUT2D eigenvalue weighted by Crippen LogP contribution is -2.28. The lowest BCUT2D eigenvalue weighted by molar-refractivity contribution is -0.121. The number of amides is 2. The maximum absolute atomic E-state index is 12.3. The van der Waals surface area contributed by atoms with Crippen molar-refractivity contribution in [2.75, 3.05) is 4.90 Å². The van der Waals surface area contributed by atoms with Crippen LogP contribution in [0.25, 0.3) is 0 Å². The molecule has 0 atom stereocenters. The largest absolute Gasteiger partial charge is 0.421 e. The van der Waals surface area contributed by atoms with Gasteiger partial charge in [0.2, 0.25) is 11.8 Å². The summed E-state index contributed by atoms with van der Waals surface area (Å²) in [6.07, 6.45) is 0.345. The third-order valence-electron chi connectivity index (χ3n) is 3.51. The van der Waals surface area contributed by atoms with Crippen molar-refractivity contribution in [3.8, 4) is 5.75 Å². The highest BCUT2D eigenvalue weighted by Gasteiger charge is 2.30. The Kier molecular flexibility index (Phi) is 4.55. The standard InChI is InChI=1S/C17H11Cl2NO4/c18-12-5-2-6-13(16(12)19)24-17(23)10-3-1-4-11(9-10)20-14(21)7-8-15(20)22/h1-6,9H,7-8H2. The monoisotopic (exact) mass is 363 g/mol. The van der Waals surface area contributed by atoms with Crippen LogP contribution in [0.2, 0.25) is 10.0 Å². The summed E-state index contributed by atoms with van der Waals surface area (Å²) in [5, 5.41) is 0.401. The van der Waals surface area contributed by atoms with Gasteiger partial charge in [-0.25, -0.2) is 4.79 Å². The second-order valence-electron chi connectivity index (χ2n) is 5.11. The molecule has 24 heavy (non-hydrogen) atoms. The summed E-state index contributed by atoms with van der Waals surface area (Å²) in [4.78, 5) is 37.0. The molecule has 2 aromatic carbocycles. The van der Waals surface area contributed by atoms with E-state index >= 15 is 0 Å². The van der Waals surface area contributed by atoms with Gasteiger partial charge in [0.05, 0.1) is 16.3 Å². The summed E-state index contributed by atoms with van der Waals surface area (Å²) in [6, 6.07) is 10.8. The van der Waals surface area contributed by atoms with Crippen LogP contribution >= 0.6 is 23.2 Å². The summed E-state index contributed by atoms with van der Waals surface area (Å²) in [6.45, 7) is 0. The summed E-state index contributed by atoms with van der Waals surface area (Å²) < 4.78 is 5.24. The minimum atomic E-state index is -0.667. The molecule has 0 radical (unpaired) electrons. The Balaban J connectivity index is 1.86. The molecule has 5 nitrogen and oxygen atoms in total. The number of imide groups is 1. The number of halogens is 2. The van der Waals surface area contributed by atoms with E-state index in [0.717, 1.165) is 4.90 Å². The van der Waals surface area contributed by atoms with E-state index in [9.17, 15) is 14.4 Å². The van der Waals surface area contributed by atoms with Crippen molar-refractivity contribution < 1.29 is 19.1 Å². The molecule has 2 aromatic rings. The molecule has 1 saturated heterocycles. The number of benzene rings is 2. The minimum Gasteiger partial charge on any atom is -0.421 e. The highest BCUT2D eigenvalue weighted by molar-refractivity contribution is 6.43. The molecule has 0 N–H and O–H groups in total. The van der Waals surface area contributed by atoms with E-state index in [4.69, 9.17) is 27.9 Å². The molecule has 0 unspecified atom stereocenters. The Labute approximate surface area is 147 Å². The molecule has 122 valence electrons. The van der Waals surface area contributed by atoms with Crippen molar-refractivity contribution in [2.24, 2.45) is 0 Å². The number of carbonyl (C=O) groups excluding carboxylic acids is 3. The summed E-state index contributed by atoms with van der Waals surface area (Å²) in [7, 11) is 0. The molecular formula is C17H11Cl2NO4. The molecule has 0 aromatic heterocycles. The first-order chi connectivity index (χ1) is 11.5. The van der Waals surface area contributed by atoms with Gasteiger partial charge in [0.1, 0.15) is 5.02 Å². The Bertz CT molecular complexity index is 834. The molecule has 1 fully saturated rings. The zero-order valence-corrected chi connectivity index (χ0v) is 13.8. The molecule has 0 spiro atoms. The van der Waals surface area contributed by atoms with Crippen LogP contribution in [0.3, 0.4) is 0 Å². The van der Waals surface area contributed by atoms with Gasteiger partial charge in [-0.3, -0.25) is 14.5 Å². The lowest BCUT2D eigenvalue weighted by atomic mass is 10.2. The second-order valence-corrected chi connectivity index (χ2v) is 5.90. The predicted octanol–water partition coefficient (Wildman–Crippen LogP) is 3.87. The van der Waals surface area contributed by atoms with Crippen LogP contribution < -0.4 is 9.64 Å². The van der Waals surface area contributed by atoms with Gasteiger partial charge >= 0.3 is 5.97 Å². The number of hydrogen-bond donors (Lipinski definition) is 0. The smallest absolute Gasteiger partial charge is 0.343 e. The SMILES string of the molecule is O=C(Oc1cccc(Cl)c1Cl)c1cccc(N2C(=O)CCC2=O)c1. The highest BCUT2D eigenvalue weighted by Crippen LogP contribution is 2.32. The van der Waals surface area contributed by atoms with Gasteiger partial charge in [-0.15, -0.1) is 0 Å². The average molecular weight is 364 g/mol. The molecule has 7 heteroatoms. The summed E-state index contributed by atoms with van der Waals surface area (Å²) in [5.41, 5.74) is 0.533. The van der Waals surface area contributed by atoms with Gasteiger partial charge in [-0.1, -0.05) is 35.3 Å². The van der Waals surface area contributed by atoms with E-state index < -0.39 is 5.97 Å². The van der Waals surface area contributed by atoms with Crippen LogP contribution in [0.5, 0.6) is 5.75 Å². The molecule has 0 saturated carbocycles. The molecule has 3 rings (SSSR count). The Morgan fingerprint density at radius 3 is 2.38 bits per heavy atom. The number of nitrogens with zero attached hydrogens (tertiary/aromatic N) is 1. The highest BCUT2D eigenvalue weighted by atomic mass is 35.5. The van der Waals surface area contributed by atoms with E-state index in [1.165, 1.54) is 18.2 Å². The third kappa shape index (κ3) is 3.13. The Morgan fingerprint density at radius 1 is 1.00 bits per heavy atom. The number of hydrogen-bond acceptors (Lipinski definition) is 4. The molecule has 1 aliphatic heterocycles. The topological polar surface area (TPSA) is 63.7 Å². The van der Waals surface area contributed by atoms with Crippen LogP contribution in [-0.2, 0) is 9.59 Å². The summed E-state index contributed by atoms with van der Waals surface area (Å²) >= 11 is 11.9. The molecule has 0 aliphatic carbocycles. The number of ether oxygens (including phenoxy) is 1. The Morgan fingerprint density at radius 2 is 1.67 bits per heavy atom.